The van der Waals surface area contributed by atoms with Crippen LogP contribution in [0.4, 0.5) is 10.1 Å². The number of benzene rings is 1. The maximum absolute atomic E-state index is 13.9. The van der Waals surface area contributed by atoms with Crippen molar-refractivity contribution in [3.8, 4) is 0 Å². The zero-order valence-electron chi connectivity index (χ0n) is 9.90. The van der Waals surface area contributed by atoms with E-state index in [0.29, 0.717) is 12.2 Å². The number of rotatable bonds is 3. The van der Waals surface area contributed by atoms with Crippen LogP contribution in [0.3, 0.4) is 0 Å². The molecule has 4 heteroatoms. The molecule has 1 heterocycles. The molecule has 3 N–H and O–H groups in total. The molecular weight excluding hydrogens is 219 g/mol. The zero-order chi connectivity index (χ0) is 12.3. The van der Waals surface area contributed by atoms with Gasteiger partial charge in [-0.1, -0.05) is 6.07 Å². The van der Waals surface area contributed by atoms with Crippen molar-refractivity contribution in [1.82, 2.24) is 0 Å². The minimum absolute atomic E-state index is 0.180. The first-order valence-corrected chi connectivity index (χ1v) is 6.09. The number of hydrogen-bond donors (Lipinski definition) is 2. The first-order chi connectivity index (χ1) is 8.24. The third-order valence-corrected chi connectivity index (χ3v) is 3.37. The molecule has 1 aromatic rings. The molecule has 3 nitrogen and oxygen atoms in total. The summed E-state index contributed by atoms with van der Waals surface area (Å²) in [7, 11) is 0. The number of anilines is 1. The summed E-state index contributed by atoms with van der Waals surface area (Å²) in [5.41, 5.74) is 6.91. The van der Waals surface area contributed by atoms with Gasteiger partial charge in [-0.25, -0.2) is 4.39 Å². The van der Waals surface area contributed by atoms with Gasteiger partial charge < -0.3 is 15.7 Å². The minimum Gasteiger partial charge on any atom is -0.396 e. The van der Waals surface area contributed by atoms with Crippen LogP contribution >= 0.6 is 0 Å². The van der Waals surface area contributed by atoms with E-state index in [1.807, 2.05) is 11.0 Å². The lowest BCUT2D eigenvalue weighted by Gasteiger charge is -2.33. The quantitative estimate of drug-likeness (QED) is 0.839. The van der Waals surface area contributed by atoms with E-state index in [0.717, 1.165) is 31.5 Å². The number of aliphatic hydroxyl groups excluding tert-OH is 1. The average molecular weight is 238 g/mol. The van der Waals surface area contributed by atoms with Crippen molar-refractivity contribution in [2.45, 2.75) is 19.4 Å². The van der Waals surface area contributed by atoms with E-state index in [-0.39, 0.29) is 18.3 Å². The molecule has 0 amide bonds. The number of piperidine rings is 1. The van der Waals surface area contributed by atoms with E-state index >= 15 is 0 Å². The number of hydrogen-bond acceptors (Lipinski definition) is 3. The molecule has 0 aliphatic carbocycles. The first-order valence-electron chi connectivity index (χ1n) is 6.09. The van der Waals surface area contributed by atoms with Crippen molar-refractivity contribution >= 4 is 5.69 Å². The first kappa shape index (κ1) is 12.3. The highest BCUT2D eigenvalue weighted by atomic mass is 19.1. The lowest BCUT2D eigenvalue weighted by atomic mass is 9.98. The molecule has 1 aromatic carbocycles. The van der Waals surface area contributed by atoms with Crippen molar-refractivity contribution in [2.24, 2.45) is 11.7 Å². The normalized spacial score (nSPS) is 20.6. The summed E-state index contributed by atoms with van der Waals surface area (Å²) in [4.78, 5) is 2.01. The Morgan fingerprint density at radius 2 is 2.29 bits per heavy atom. The van der Waals surface area contributed by atoms with Gasteiger partial charge in [-0.05, 0) is 36.5 Å². The molecule has 1 aliphatic heterocycles. The lowest BCUT2D eigenvalue weighted by Crippen LogP contribution is -2.37. The summed E-state index contributed by atoms with van der Waals surface area (Å²) >= 11 is 0. The maximum atomic E-state index is 13.9. The monoisotopic (exact) mass is 238 g/mol. The molecule has 0 radical (unpaired) electrons. The van der Waals surface area contributed by atoms with Gasteiger partial charge in [0, 0.05) is 26.2 Å². The van der Waals surface area contributed by atoms with Crippen LogP contribution in [0.2, 0.25) is 0 Å². The lowest BCUT2D eigenvalue weighted by molar-refractivity contribution is 0.208. The van der Waals surface area contributed by atoms with Gasteiger partial charge in [0.1, 0.15) is 5.82 Å². The molecule has 0 spiro atoms. The van der Waals surface area contributed by atoms with Gasteiger partial charge in [-0.15, -0.1) is 0 Å². The number of nitrogens with two attached hydrogens (primary N) is 1. The fourth-order valence-electron chi connectivity index (χ4n) is 2.37. The van der Waals surface area contributed by atoms with Gasteiger partial charge in [0.2, 0.25) is 0 Å². The van der Waals surface area contributed by atoms with Gasteiger partial charge >= 0.3 is 0 Å². The topological polar surface area (TPSA) is 49.5 Å². The van der Waals surface area contributed by atoms with Crippen molar-refractivity contribution in [3.63, 3.8) is 0 Å². The second kappa shape index (κ2) is 5.47. The average Bonchev–Trinajstić information content (AvgIpc) is 2.38. The van der Waals surface area contributed by atoms with Crippen LogP contribution in [0.15, 0.2) is 18.2 Å². The van der Waals surface area contributed by atoms with Crippen LogP contribution in [-0.4, -0.2) is 24.8 Å². The van der Waals surface area contributed by atoms with Crippen molar-refractivity contribution in [3.05, 3.63) is 29.6 Å². The highest BCUT2D eigenvalue weighted by Crippen LogP contribution is 2.26. The van der Waals surface area contributed by atoms with Crippen LogP contribution in [0.5, 0.6) is 0 Å². The maximum Gasteiger partial charge on any atom is 0.146 e. The SMILES string of the molecule is NCc1ccc(N2CCCC(CO)C2)c(F)c1. The largest absolute Gasteiger partial charge is 0.396 e. The van der Waals surface area contributed by atoms with Crippen LogP contribution < -0.4 is 10.6 Å². The molecule has 1 unspecified atom stereocenters. The third kappa shape index (κ3) is 2.76. The Morgan fingerprint density at radius 3 is 2.94 bits per heavy atom. The van der Waals surface area contributed by atoms with Crippen LogP contribution in [0, 0.1) is 11.7 Å². The Bertz CT molecular complexity index is 384. The fraction of sp³-hybridized carbons (Fsp3) is 0.538. The molecule has 17 heavy (non-hydrogen) atoms. The summed E-state index contributed by atoms with van der Waals surface area (Å²) in [5, 5.41) is 9.17. The van der Waals surface area contributed by atoms with E-state index in [2.05, 4.69) is 0 Å². The number of nitrogens with zero attached hydrogens (tertiary/aromatic N) is 1. The molecule has 94 valence electrons. The molecule has 1 saturated heterocycles. The number of halogens is 1. The fourth-order valence-corrected chi connectivity index (χ4v) is 2.37. The summed E-state index contributed by atoms with van der Waals surface area (Å²) in [5.74, 6) is 0.0453. The molecule has 0 bridgehead atoms. The Balaban J connectivity index is 2.16. The Labute approximate surface area is 101 Å². The second-order valence-electron chi connectivity index (χ2n) is 4.63. The van der Waals surface area contributed by atoms with Gasteiger partial charge in [-0.3, -0.25) is 0 Å². The Kier molecular flexibility index (Phi) is 3.97. The molecule has 1 fully saturated rings. The molecule has 1 atom stereocenters. The minimum atomic E-state index is -0.216. The third-order valence-electron chi connectivity index (χ3n) is 3.37. The Morgan fingerprint density at radius 1 is 1.47 bits per heavy atom. The molecular formula is C13H19FN2O. The van der Waals surface area contributed by atoms with Crippen molar-refractivity contribution in [1.29, 1.82) is 0 Å². The molecule has 0 saturated carbocycles. The van der Waals surface area contributed by atoms with Crippen LogP contribution in [0.25, 0.3) is 0 Å². The smallest absolute Gasteiger partial charge is 0.146 e. The zero-order valence-corrected chi connectivity index (χ0v) is 9.90. The summed E-state index contributed by atoms with van der Waals surface area (Å²) in [6.45, 7) is 2.13. The molecule has 0 aromatic heterocycles. The summed E-state index contributed by atoms with van der Waals surface area (Å²) in [6.07, 6.45) is 2.03. The van der Waals surface area contributed by atoms with E-state index in [1.165, 1.54) is 6.07 Å². The van der Waals surface area contributed by atoms with Crippen molar-refractivity contribution < 1.29 is 9.50 Å². The van der Waals surface area contributed by atoms with E-state index in [4.69, 9.17) is 5.73 Å². The molecule has 1 aliphatic rings. The van der Waals surface area contributed by atoms with Crippen LogP contribution in [0.1, 0.15) is 18.4 Å². The van der Waals surface area contributed by atoms with E-state index in [1.54, 1.807) is 6.07 Å². The highest BCUT2D eigenvalue weighted by Gasteiger charge is 2.21. The van der Waals surface area contributed by atoms with Gasteiger partial charge in [-0.2, -0.15) is 0 Å². The van der Waals surface area contributed by atoms with Gasteiger partial charge in [0.05, 0.1) is 5.69 Å². The second-order valence-corrected chi connectivity index (χ2v) is 4.63. The number of aliphatic hydroxyl groups is 1. The predicted molar refractivity (Wildman–Crippen MR) is 66.3 cm³/mol. The summed E-state index contributed by atoms with van der Waals surface area (Å²) in [6, 6.07) is 5.15. The standard InChI is InChI=1S/C13H19FN2O/c14-12-6-10(7-15)3-4-13(12)16-5-1-2-11(8-16)9-17/h3-4,6,11,17H,1-2,5,7-9,15H2. The van der Waals surface area contributed by atoms with Gasteiger partial charge in [0.25, 0.3) is 0 Å². The summed E-state index contributed by atoms with van der Waals surface area (Å²) < 4.78 is 13.9. The van der Waals surface area contributed by atoms with Gasteiger partial charge in [0.15, 0.2) is 0 Å². The van der Waals surface area contributed by atoms with Crippen molar-refractivity contribution in [2.75, 3.05) is 24.6 Å². The predicted octanol–water partition coefficient (Wildman–Crippen LogP) is 1.49. The van der Waals surface area contributed by atoms with Crippen LogP contribution in [-0.2, 0) is 6.54 Å². The van der Waals surface area contributed by atoms with E-state index in [9.17, 15) is 9.50 Å². The van der Waals surface area contributed by atoms with E-state index < -0.39 is 0 Å². The highest BCUT2D eigenvalue weighted by molar-refractivity contribution is 5.49. The molecule has 2 rings (SSSR count). The Hall–Kier alpha value is -1.13.